The third-order valence-corrected chi connectivity index (χ3v) is 8.46. The van der Waals surface area contributed by atoms with Gasteiger partial charge in [0.05, 0.1) is 36.8 Å². The summed E-state index contributed by atoms with van der Waals surface area (Å²) in [6.45, 7) is 0.913. The zero-order valence-electron chi connectivity index (χ0n) is 19.5. The number of fused-ring (bicyclic) bond motifs is 7. The monoisotopic (exact) mass is 495 g/mol. The smallest absolute Gasteiger partial charge is 0.250 e. The van der Waals surface area contributed by atoms with Crippen molar-refractivity contribution in [2.75, 3.05) is 32.6 Å². The lowest BCUT2D eigenvalue weighted by atomic mass is 9.75. The molecule has 2 aromatic rings. The number of methoxy groups -OCH3 is 2. The molecule has 0 aromatic heterocycles. The molecule has 3 amide bonds. The topological polar surface area (TPSA) is 88.2 Å². The molecule has 1 spiro atoms. The van der Waals surface area contributed by atoms with Gasteiger partial charge in [0.1, 0.15) is 5.54 Å². The standard InChI is InChI=1S/C26H26ClN3O5/c1-34-18-9-8-14(13-19(18)35-2)10-12-29-23(31)20-17-7-4-11-30(17)26(21(20)24(29)32)15-5-3-6-16(27)22(15)28-25(26)33/h3,5-6,8-9,13,17,20-21H,4,7,10-12H2,1-2H3,(H,28,33)/t17-,20+,21-,26+/m0/s1. The first kappa shape index (κ1) is 22.4. The van der Waals surface area contributed by atoms with Gasteiger partial charge in [-0.15, -0.1) is 0 Å². The first-order valence-corrected chi connectivity index (χ1v) is 12.2. The van der Waals surface area contributed by atoms with Crippen LogP contribution in [0.2, 0.25) is 5.02 Å². The number of nitrogens with one attached hydrogen (secondary N) is 1. The highest BCUT2D eigenvalue weighted by atomic mass is 35.5. The second-order valence-corrected chi connectivity index (χ2v) is 9.96. The normalized spacial score (nSPS) is 28.9. The Balaban J connectivity index is 1.35. The van der Waals surface area contributed by atoms with Crippen molar-refractivity contribution >= 4 is 35.0 Å². The summed E-state index contributed by atoms with van der Waals surface area (Å²) in [5.41, 5.74) is 0.983. The van der Waals surface area contributed by atoms with Gasteiger partial charge in [-0.25, -0.2) is 0 Å². The fourth-order valence-corrected chi connectivity index (χ4v) is 6.97. The highest BCUT2D eigenvalue weighted by molar-refractivity contribution is 6.35. The van der Waals surface area contributed by atoms with Crippen LogP contribution in [-0.4, -0.2) is 60.9 Å². The second-order valence-electron chi connectivity index (χ2n) is 9.56. The number of ether oxygens (including phenoxy) is 2. The number of imide groups is 1. The van der Waals surface area contributed by atoms with Gasteiger partial charge in [0.2, 0.25) is 11.8 Å². The number of halogens is 1. The molecule has 4 heterocycles. The molecular formula is C26H26ClN3O5. The fraction of sp³-hybridized carbons (Fsp3) is 0.423. The Morgan fingerprint density at radius 1 is 1.09 bits per heavy atom. The van der Waals surface area contributed by atoms with Crippen LogP contribution in [0.3, 0.4) is 0 Å². The zero-order valence-corrected chi connectivity index (χ0v) is 20.3. The van der Waals surface area contributed by atoms with E-state index in [1.807, 2.05) is 24.3 Å². The molecule has 4 aliphatic rings. The quantitative estimate of drug-likeness (QED) is 0.642. The number of para-hydroxylation sites is 1. The first-order chi connectivity index (χ1) is 16.9. The van der Waals surface area contributed by atoms with Crippen molar-refractivity contribution in [1.29, 1.82) is 0 Å². The van der Waals surface area contributed by atoms with Gasteiger partial charge in [0, 0.05) is 18.2 Å². The van der Waals surface area contributed by atoms with E-state index in [1.165, 1.54) is 4.90 Å². The molecule has 9 heteroatoms. The molecule has 0 bridgehead atoms. The van der Waals surface area contributed by atoms with Crippen LogP contribution >= 0.6 is 11.6 Å². The molecule has 182 valence electrons. The number of hydrogen-bond acceptors (Lipinski definition) is 6. The van der Waals surface area contributed by atoms with Crippen molar-refractivity contribution in [2.24, 2.45) is 11.8 Å². The van der Waals surface area contributed by atoms with Gasteiger partial charge in [0.25, 0.3) is 5.91 Å². The molecule has 1 N–H and O–H groups in total. The predicted molar refractivity (Wildman–Crippen MR) is 128 cm³/mol. The Labute approximate surface area is 208 Å². The molecule has 0 unspecified atom stereocenters. The lowest BCUT2D eigenvalue weighted by Gasteiger charge is -2.36. The summed E-state index contributed by atoms with van der Waals surface area (Å²) >= 11 is 6.43. The van der Waals surface area contributed by atoms with E-state index < -0.39 is 17.4 Å². The number of benzene rings is 2. The van der Waals surface area contributed by atoms with Crippen LogP contribution in [0.5, 0.6) is 11.5 Å². The summed E-state index contributed by atoms with van der Waals surface area (Å²) in [7, 11) is 3.14. The van der Waals surface area contributed by atoms with Gasteiger partial charge in [-0.2, -0.15) is 0 Å². The minimum atomic E-state index is -1.20. The minimum absolute atomic E-state index is 0.141. The molecule has 35 heavy (non-hydrogen) atoms. The predicted octanol–water partition coefficient (Wildman–Crippen LogP) is 2.83. The Kier molecular flexibility index (Phi) is 5.09. The average Bonchev–Trinajstić information content (AvgIpc) is 3.57. The molecule has 0 radical (unpaired) electrons. The number of anilines is 1. The highest BCUT2D eigenvalue weighted by Gasteiger charge is 2.74. The van der Waals surface area contributed by atoms with E-state index >= 15 is 0 Å². The van der Waals surface area contributed by atoms with E-state index in [9.17, 15) is 14.4 Å². The van der Waals surface area contributed by atoms with Gasteiger partial charge < -0.3 is 14.8 Å². The molecule has 0 aliphatic carbocycles. The van der Waals surface area contributed by atoms with Crippen LogP contribution in [-0.2, 0) is 26.3 Å². The Hall–Kier alpha value is -3.10. The van der Waals surface area contributed by atoms with Crippen molar-refractivity contribution in [2.45, 2.75) is 30.8 Å². The molecule has 2 aromatic carbocycles. The number of rotatable bonds is 5. The van der Waals surface area contributed by atoms with E-state index in [0.717, 1.165) is 18.4 Å². The summed E-state index contributed by atoms with van der Waals surface area (Å²) < 4.78 is 10.7. The Bertz CT molecular complexity index is 1270. The second kappa shape index (κ2) is 7.96. The highest BCUT2D eigenvalue weighted by Crippen LogP contribution is 2.61. The van der Waals surface area contributed by atoms with E-state index in [0.29, 0.717) is 40.7 Å². The van der Waals surface area contributed by atoms with Crippen molar-refractivity contribution in [3.8, 4) is 11.5 Å². The number of hydrogen-bond donors (Lipinski definition) is 1. The molecule has 4 atom stereocenters. The SMILES string of the molecule is COc1ccc(CCN2C(=O)[C@H]3[C@@H](C2=O)[C@]2(C(=O)Nc4c(Cl)cccc42)N2CCC[C@@H]32)cc1OC. The van der Waals surface area contributed by atoms with Crippen LogP contribution in [0.25, 0.3) is 0 Å². The van der Waals surface area contributed by atoms with Crippen LogP contribution in [0, 0.1) is 11.8 Å². The Morgan fingerprint density at radius 3 is 2.66 bits per heavy atom. The number of carbonyl (C=O) groups is 3. The third-order valence-electron chi connectivity index (χ3n) is 8.14. The lowest BCUT2D eigenvalue weighted by molar-refractivity contribution is -0.145. The number of nitrogens with zero attached hydrogens (tertiary/aromatic N) is 2. The van der Waals surface area contributed by atoms with E-state index in [1.54, 1.807) is 26.4 Å². The maximum absolute atomic E-state index is 13.9. The third kappa shape index (κ3) is 2.87. The fourth-order valence-electron chi connectivity index (χ4n) is 6.75. The maximum atomic E-state index is 13.9. The van der Waals surface area contributed by atoms with Crippen LogP contribution in [0.1, 0.15) is 24.0 Å². The largest absolute Gasteiger partial charge is 0.493 e. The average molecular weight is 496 g/mol. The molecule has 6 rings (SSSR count). The van der Waals surface area contributed by atoms with E-state index in [4.69, 9.17) is 21.1 Å². The van der Waals surface area contributed by atoms with Crippen LogP contribution < -0.4 is 14.8 Å². The first-order valence-electron chi connectivity index (χ1n) is 11.9. The lowest BCUT2D eigenvalue weighted by Crippen LogP contribution is -2.54. The van der Waals surface area contributed by atoms with Crippen molar-refractivity contribution in [3.63, 3.8) is 0 Å². The molecule has 3 fully saturated rings. The Morgan fingerprint density at radius 2 is 1.89 bits per heavy atom. The summed E-state index contributed by atoms with van der Waals surface area (Å²) in [5, 5.41) is 3.37. The summed E-state index contributed by atoms with van der Waals surface area (Å²) in [4.78, 5) is 44.7. The molecule has 4 aliphatic heterocycles. The minimum Gasteiger partial charge on any atom is -0.493 e. The van der Waals surface area contributed by atoms with Gasteiger partial charge in [-0.3, -0.25) is 24.2 Å². The maximum Gasteiger partial charge on any atom is 0.250 e. The van der Waals surface area contributed by atoms with Crippen LogP contribution in [0.4, 0.5) is 5.69 Å². The molecule has 8 nitrogen and oxygen atoms in total. The van der Waals surface area contributed by atoms with E-state index in [-0.39, 0.29) is 30.3 Å². The molecular weight excluding hydrogens is 470 g/mol. The van der Waals surface area contributed by atoms with Crippen LogP contribution in [0.15, 0.2) is 36.4 Å². The van der Waals surface area contributed by atoms with Crippen molar-refractivity contribution in [1.82, 2.24) is 9.80 Å². The zero-order chi connectivity index (χ0) is 24.5. The van der Waals surface area contributed by atoms with Gasteiger partial charge in [0.15, 0.2) is 11.5 Å². The summed E-state index contributed by atoms with van der Waals surface area (Å²) in [6.07, 6.45) is 2.15. The van der Waals surface area contributed by atoms with E-state index in [2.05, 4.69) is 10.2 Å². The summed E-state index contributed by atoms with van der Waals surface area (Å²) in [6, 6.07) is 10.8. The number of carbonyl (C=O) groups excluding carboxylic acids is 3. The van der Waals surface area contributed by atoms with Gasteiger partial charge in [-0.1, -0.05) is 29.8 Å². The summed E-state index contributed by atoms with van der Waals surface area (Å²) in [5.74, 6) is -0.806. The van der Waals surface area contributed by atoms with Crippen molar-refractivity contribution in [3.05, 3.63) is 52.5 Å². The molecule has 3 saturated heterocycles. The van der Waals surface area contributed by atoms with Gasteiger partial charge >= 0.3 is 0 Å². The number of amides is 3. The number of likely N-dealkylation sites (tertiary alicyclic amines) is 1. The van der Waals surface area contributed by atoms with Gasteiger partial charge in [-0.05, 0) is 49.6 Å². The van der Waals surface area contributed by atoms with Crippen molar-refractivity contribution < 1.29 is 23.9 Å². The molecule has 0 saturated carbocycles.